The number of nitrogens with one attached hydrogen (secondary N) is 2. The van der Waals surface area contributed by atoms with Crippen molar-refractivity contribution in [1.29, 1.82) is 0 Å². The lowest BCUT2D eigenvalue weighted by Crippen LogP contribution is -2.47. The van der Waals surface area contributed by atoms with Crippen LogP contribution < -0.4 is 15.5 Å². The maximum atomic E-state index is 4.25. The highest BCUT2D eigenvalue weighted by Crippen LogP contribution is 2.17. The highest BCUT2D eigenvalue weighted by atomic mass is 127. The van der Waals surface area contributed by atoms with Gasteiger partial charge in [0.1, 0.15) is 0 Å². The molecule has 22 heavy (non-hydrogen) atoms. The van der Waals surface area contributed by atoms with Crippen molar-refractivity contribution in [3.63, 3.8) is 0 Å². The maximum absolute atomic E-state index is 4.25. The van der Waals surface area contributed by atoms with Gasteiger partial charge in [-0.15, -0.1) is 24.0 Å². The maximum Gasteiger partial charge on any atom is 0.191 e. The molecule has 1 aliphatic rings. The standard InChI is InChI=1S/C17H26N4.HI/c1-17(2,3)20-16(18-4)19-13-14-7-9-15(10-8-14)21-11-5-6-12-21;/h5-10H,11-13H2,1-4H3,(H2,18,19,20);1H. The van der Waals surface area contributed by atoms with Gasteiger partial charge in [-0.05, 0) is 38.5 Å². The summed E-state index contributed by atoms with van der Waals surface area (Å²) in [4.78, 5) is 6.59. The Morgan fingerprint density at radius 3 is 2.23 bits per heavy atom. The normalized spacial score (nSPS) is 14.7. The van der Waals surface area contributed by atoms with Crippen LogP contribution in [0.5, 0.6) is 0 Å². The lowest BCUT2D eigenvalue weighted by atomic mass is 10.1. The highest BCUT2D eigenvalue weighted by Gasteiger charge is 2.11. The Bertz CT molecular complexity index is 506. The van der Waals surface area contributed by atoms with Crippen molar-refractivity contribution < 1.29 is 0 Å². The smallest absolute Gasteiger partial charge is 0.191 e. The van der Waals surface area contributed by atoms with Crippen LogP contribution in [0.4, 0.5) is 5.69 Å². The summed E-state index contributed by atoms with van der Waals surface area (Å²) in [6.45, 7) is 9.17. The summed E-state index contributed by atoms with van der Waals surface area (Å²) >= 11 is 0. The second kappa shape index (κ2) is 8.41. The monoisotopic (exact) mass is 414 g/mol. The summed E-state index contributed by atoms with van der Waals surface area (Å²) < 4.78 is 0. The molecule has 1 heterocycles. The molecule has 0 bridgehead atoms. The van der Waals surface area contributed by atoms with Crippen molar-refractivity contribution in [3.8, 4) is 0 Å². The number of benzene rings is 1. The molecule has 1 aromatic rings. The average Bonchev–Trinajstić information content (AvgIpc) is 2.97. The molecule has 0 unspecified atom stereocenters. The Morgan fingerprint density at radius 2 is 1.73 bits per heavy atom. The average molecular weight is 414 g/mol. The van der Waals surface area contributed by atoms with Gasteiger partial charge in [0.15, 0.2) is 5.96 Å². The van der Waals surface area contributed by atoms with Crippen molar-refractivity contribution in [2.24, 2.45) is 4.99 Å². The van der Waals surface area contributed by atoms with Crippen molar-refractivity contribution in [3.05, 3.63) is 42.0 Å². The summed E-state index contributed by atoms with van der Waals surface area (Å²) in [5.74, 6) is 0.829. The van der Waals surface area contributed by atoms with E-state index >= 15 is 0 Å². The molecular weight excluding hydrogens is 387 g/mol. The minimum absolute atomic E-state index is 0. The first-order chi connectivity index (χ1) is 9.98. The Hall–Kier alpha value is -1.24. The van der Waals surface area contributed by atoms with Gasteiger partial charge in [0.2, 0.25) is 0 Å². The minimum Gasteiger partial charge on any atom is -0.364 e. The van der Waals surface area contributed by atoms with Crippen LogP contribution in [-0.4, -0.2) is 31.6 Å². The predicted molar refractivity (Wildman–Crippen MR) is 106 cm³/mol. The summed E-state index contributed by atoms with van der Waals surface area (Å²) in [7, 11) is 1.80. The molecule has 5 heteroatoms. The molecule has 122 valence electrons. The SMILES string of the molecule is CN=C(NCc1ccc(N2CC=CC2)cc1)NC(C)(C)C.I. The number of hydrogen-bond acceptors (Lipinski definition) is 2. The van der Waals surface area contributed by atoms with Crippen LogP contribution in [0.1, 0.15) is 26.3 Å². The molecule has 2 rings (SSSR count). The van der Waals surface area contributed by atoms with Crippen molar-refractivity contribution in [2.75, 3.05) is 25.0 Å². The number of halogens is 1. The van der Waals surface area contributed by atoms with Crippen LogP contribution >= 0.6 is 24.0 Å². The summed E-state index contributed by atoms with van der Waals surface area (Å²) in [6.07, 6.45) is 4.41. The quantitative estimate of drug-likeness (QED) is 0.346. The van der Waals surface area contributed by atoms with Gasteiger partial charge in [-0.3, -0.25) is 4.99 Å². The van der Waals surface area contributed by atoms with Crippen LogP contribution in [0.15, 0.2) is 41.4 Å². The Balaban J connectivity index is 0.00000242. The molecule has 0 spiro atoms. The van der Waals surface area contributed by atoms with E-state index in [4.69, 9.17) is 0 Å². The number of rotatable bonds is 3. The fourth-order valence-corrected chi connectivity index (χ4v) is 2.23. The van der Waals surface area contributed by atoms with Crippen LogP contribution in [0.2, 0.25) is 0 Å². The van der Waals surface area contributed by atoms with E-state index in [1.165, 1.54) is 11.3 Å². The van der Waals surface area contributed by atoms with E-state index in [0.29, 0.717) is 0 Å². The molecule has 0 fully saturated rings. The van der Waals surface area contributed by atoms with E-state index in [0.717, 1.165) is 25.6 Å². The summed E-state index contributed by atoms with van der Waals surface area (Å²) in [5.41, 5.74) is 2.54. The van der Waals surface area contributed by atoms with Crippen molar-refractivity contribution in [1.82, 2.24) is 10.6 Å². The third-order valence-corrected chi connectivity index (χ3v) is 3.30. The molecular formula is C17H27IN4. The second-order valence-electron chi connectivity index (χ2n) is 6.34. The third-order valence-electron chi connectivity index (χ3n) is 3.30. The Labute approximate surface area is 151 Å². The van der Waals surface area contributed by atoms with Gasteiger partial charge in [0.25, 0.3) is 0 Å². The zero-order valence-electron chi connectivity index (χ0n) is 13.9. The van der Waals surface area contributed by atoms with Crippen LogP contribution in [-0.2, 0) is 6.54 Å². The fourth-order valence-electron chi connectivity index (χ4n) is 2.23. The van der Waals surface area contributed by atoms with E-state index < -0.39 is 0 Å². The van der Waals surface area contributed by atoms with Gasteiger partial charge >= 0.3 is 0 Å². The molecule has 4 nitrogen and oxygen atoms in total. The molecule has 0 saturated carbocycles. The Kier molecular flexibility index (Phi) is 7.19. The van der Waals surface area contributed by atoms with Gasteiger partial charge in [-0.25, -0.2) is 0 Å². The first kappa shape index (κ1) is 18.8. The molecule has 1 aliphatic heterocycles. The zero-order valence-corrected chi connectivity index (χ0v) is 16.2. The van der Waals surface area contributed by atoms with Gasteiger partial charge < -0.3 is 15.5 Å². The number of anilines is 1. The molecule has 0 radical (unpaired) electrons. The van der Waals surface area contributed by atoms with Crippen molar-refractivity contribution in [2.45, 2.75) is 32.9 Å². The molecule has 0 amide bonds. The summed E-state index contributed by atoms with van der Waals surface area (Å²) in [6, 6.07) is 8.71. The first-order valence-corrected chi connectivity index (χ1v) is 7.46. The Morgan fingerprint density at radius 1 is 1.14 bits per heavy atom. The zero-order chi connectivity index (χ0) is 15.3. The molecule has 0 aromatic heterocycles. The van der Waals surface area contributed by atoms with Crippen molar-refractivity contribution >= 4 is 35.6 Å². The van der Waals surface area contributed by atoms with E-state index in [2.05, 4.69) is 77.7 Å². The van der Waals surface area contributed by atoms with Gasteiger partial charge in [0, 0.05) is 37.9 Å². The molecule has 0 saturated heterocycles. The van der Waals surface area contributed by atoms with E-state index in [9.17, 15) is 0 Å². The highest BCUT2D eigenvalue weighted by molar-refractivity contribution is 14.0. The lowest BCUT2D eigenvalue weighted by Gasteiger charge is -2.24. The van der Waals surface area contributed by atoms with E-state index in [1.54, 1.807) is 7.05 Å². The molecule has 2 N–H and O–H groups in total. The fraction of sp³-hybridized carbons (Fsp3) is 0.471. The largest absolute Gasteiger partial charge is 0.364 e. The van der Waals surface area contributed by atoms with E-state index in [1.807, 2.05) is 0 Å². The summed E-state index contributed by atoms with van der Waals surface area (Å²) in [5, 5.41) is 6.70. The number of aliphatic imine (C=N–C) groups is 1. The lowest BCUT2D eigenvalue weighted by molar-refractivity contribution is 0.501. The van der Waals surface area contributed by atoms with E-state index in [-0.39, 0.29) is 29.5 Å². The molecule has 0 atom stereocenters. The van der Waals surface area contributed by atoms with Gasteiger partial charge in [-0.1, -0.05) is 24.3 Å². The van der Waals surface area contributed by atoms with Crippen LogP contribution in [0.3, 0.4) is 0 Å². The van der Waals surface area contributed by atoms with Crippen LogP contribution in [0, 0.1) is 0 Å². The second-order valence-corrected chi connectivity index (χ2v) is 6.34. The third kappa shape index (κ3) is 5.87. The number of guanidine groups is 1. The first-order valence-electron chi connectivity index (χ1n) is 7.46. The molecule has 1 aromatic carbocycles. The van der Waals surface area contributed by atoms with Gasteiger partial charge in [0.05, 0.1) is 0 Å². The number of hydrogen-bond donors (Lipinski definition) is 2. The minimum atomic E-state index is 0. The van der Waals surface area contributed by atoms with Crippen LogP contribution in [0.25, 0.3) is 0 Å². The molecule has 0 aliphatic carbocycles. The number of nitrogens with zero attached hydrogens (tertiary/aromatic N) is 2. The predicted octanol–water partition coefficient (Wildman–Crippen LogP) is 3.14. The van der Waals surface area contributed by atoms with Gasteiger partial charge in [-0.2, -0.15) is 0 Å². The topological polar surface area (TPSA) is 39.7 Å².